The molecule has 7 nitrogen and oxygen atoms in total. The number of aromatic nitrogens is 2. The van der Waals surface area contributed by atoms with Gasteiger partial charge in [0.2, 0.25) is 0 Å². The summed E-state index contributed by atoms with van der Waals surface area (Å²) in [5, 5.41) is 15.6. The summed E-state index contributed by atoms with van der Waals surface area (Å²) in [6, 6.07) is 0. The second kappa shape index (κ2) is 4.61. The Morgan fingerprint density at radius 1 is 1.37 bits per heavy atom. The fraction of sp³-hybridized carbons (Fsp3) is 0.636. The van der Waals surface area contributed by atoms with Crippen LogP contribution >= 0.6 is 0 Å². The minimum Gasteiger partial charge on any atom is -0.479 e. The molecule has 1 fully saturated rings. The maximum Gasteiger partial charge on any atom is 0.337 e. The van der Waals surface area contributed by atoms with E-state index in [4.69, 9.17) is 4.18 Å². The molecule has 2 N–H and O–H groups in total. The van der Waals surface area contributed by atoms with E-state index in [9.17, 15) is 18.3 Å². The minimum absolute atomic E-state index is 0.0694. The molecule has 0 radical (unpaired) electrons. The second-order valence-electron chi connectivity index (χ2n) is 4.81. The summed E-state index contributed by atoms with van der Waals surface area (Å²) in [6.45, 7) is 3.08. The fourth-order valence-corrected chi connectivity index (χ4v) is 4.01. The van der Waals surface area contributed by atoms with Gasteiger partial charge in [-0.3, -0.25) is 5.10 Å². The summed E-state index contributed by atoms with van der Waals surface area (Å²) in [5.41, 5.74) is -1.01. The molecule has 0 aliphatic heterocycles. The van der Waals surface area contributed by atoms with Crippen LogP contribution in [0.25, 0.3) is 0 Å². The molecule has 0 unspecified atom stereocenters. The Morgan fingerprint density at radius 2 is 1.95 bits per heavy atom. The first-order chi connectivity index (χ1) is 8.78. The second-order valence-corrected chi connectivity index (χ2v) is 6.29. The summed E-state index contributed by atoms with van der Waals surface area (Å²) < 4.78 is 29.6. The van der Waals surface area contributed by atoms with Crippen molar-refractivity contribution in [2.75, 3.05) is 0 Å². The third kappa shape index (κ3) is 2.37. The van der Waals surface area contributed by atoms with Gasteiger partial charge in [0.05, 0.1) is 11.4 Å². The van der Waals surface area contributed by atoms with Gasteiger partial charge in [-0.15, -0.1) is 0 Å². The van der Waals surface area contributed by atoms with E-state index in [-0.39, 0.29) is 23.4 Å². The number of aromatic amines is 1. The lowest BCUT2D eigenvalue weighted by Crippen LogP contribution is -2.40. The van der Waals surface area contributed by atoms with Crippen LogP contribution in [0.15, 0.2) is 4.90 Å². The summed E-state index contributed by atoms with van der Waals surface area (Å²) >= 11 is 0. The Morgan fingerprint density at radius 3 is 2.37 bits per heavy atom. The number of hydrogen-bond donors (Lipinski definition) is 2. The Hall–Kier alpha value is -1.41. The first-order valence-electron chi connectivity index (χ1n) is 5.99. The molecule has 1 heterocycles. The Balaban J connectivity index is 2.39. The number of carboxylic acid groups (broad SMARTS) is 1. The van der Waals surface area contributed by atoms with Crippen LogP contribution in [0.1, 0.15) is 37.1 Å². The van der Waals surface area contributed by atoms with Gasteiger partial charge in [0, 0.05) is 0 Å². The number of H-pyrrole nitrogens is 1. The molecule has 8 heteroatoms. The molecule has 0 atom stereocenters. The lowest BCUT2D eigenvalue weighted by atomic mass is 10.0. The van der Waals surface area contributed by atoms with Crippen LogP contribution in [-0.2, 0) is 19.1 Å². The van der Waals surface area contributed by atoms with Crippen molar-refractivity contribution in [3.05, 3.63) is 11.4 Å². The highest BCUT2D eigenvalue weighted by molar-refractivity contribution is 7.87. The molecule has 0 bridgehead atoms. The van der Waals surface area contributed by atoms with E-state index in [1.165, 1.54) is 6.92 Å². The standard InChI is InChI=1S/C11H16N2O5S/c1-7-9(8(2)13-12-7)19(16,17)18-11(10(14)15)5-3-4-6-11/h3-6H2,1-2H3,(H,12,13)(H,14,15). The van der Waals surface area contributed by atoms with Crippen molar-refractivity contribution in [3.8, 4) is 0 Å². The number of rotatable bonds is 4. The molecule has 106 valence electrons. The lowest BCUT2D eigenvalue weighted by Gasteiger charge is -2.23. The average molecular weight is 288 g/mol. The van der Waals surface area contributed by atoms with E-state index in [0.717, 1.165) is 0 Å². The van der Waals surface area contributed by atoms with E-state index in [0.29, 0.717) is 18.5 Å². The minimum atomic E-state index is -4.14. The van der Waals surface area contributed by atoms with E-state index < -0.39 is 21.7 Å². The molecule has 0 saturated heterocycles. The van der Waals surface area contributed by atoms with Gasteiger partial charge in [0.25, 0.3) is 0 Å². The van der Waals surface area contributed by atoms with Crippen molar-refractivity contribution in [2.45, 2.75) is 50.0 Å². The molecule has 0 spiro atoms. The fourth-order valence-electron chi connectivity index (χ4n) is 2.44. The van der Waals surface area contributed by atoms with Gasteiger partial charge < -0.3 is 5.11 Å². The van der Waals surface area contributed by atoms with Crippen LogP contribution in [-0.4, -0.2) is 35.3 Å². The maximum absolute atomic E-state index is 12.3. The molecule has 0 aromatic carbocycles. The number of nitrogens with zero attached hydrogens (tertiary/aromatic N) is 1. The topological polar surface area (TPSA) is 109 Å². The van der Waals surface area contributed by atoms with Crippen molar-refractivity contribution < 1.29 is 22.5 Å². The van der Waals surface area contributed by atoms with E-state index in [1.807, 2.05) is 0 Å². The van der Waals surface area contributed by atoms with Gasteiger partial charge in [-0.25, -0.2) is 8.98 Å². The van der Waals surface area contributed by atoms with Crippen molar-refractivity contribution in [2.24, 2.45) is 0 Å². The maximum atomic E-state index is 12.3. The van der Waals surface area contributed by atoms with Crippen LogP contribution in [0, 0.1) is 13.8 Å². The van der Waals surface area contributed by atoms with E-state index >= 15 is 0 Å². The highest BCUT2D eigenvalue weighted by Gasteiger charge is 2.47. The van der Waals surface area contributed by atoms with Gasteiger partial charge in [0.15, 0.2) is 5.60 Å². The molecule has 1 aromatic rings. The number of nitrogens with one attached hydrogen (secondary N) is 1. The normalized spacial score (nSPS) is 18.6. The Bertz CT molecular complexity index is 579. The summed E-state index contributed by atoms with van der Waals surface area (Å²) in [4.78, 5) is 11.3. The summed E-state index contributed by atoms with van der Waals surface area (Å²) in [6.07, 6.45) is 1.70. The zero-order chi connectivity index (χ0) is 14.3. The average Bonchev–Trinajstić information content (AvgIpc) is 2.86. The van der Waals surface area contributed by atoms with E-state index in [1.54, 1.807) is 6.92 Å². The van der Waals surface area contributed by atoms with Crippen molar-refractivity contribution >= 4 is 16.1 Å². The zero-order valence-corrected chi connectivity index (χ0v) is 11.6. The zero-order valence-electron chi connectivity index (χ0n) is 10.8. The highest BCUT2D eigenvalue weighted by Crippen LogP contribution is 2.37. The SMILES string of the molecule is Cc1n[nH]c(C)c1S(=O)(=O)OC1(C(=O)O)CCCC1. The number of aliphatic carboxylic acids is 1. The predicted molar refractivity (Wildman–Crippen MR) is 65.2 cm³/mol. The smallest absolute Gasteiger partial charge is 0.337 e. The molecular weight excluding hydrogens is 272 g/mol. The molecule has 2 rings (SSSR count). The van der Waals surface area contributed by atoms with Crippen LogP contribution in [0.4, 0.5) is 0 Å². The molecule has 19 heavy (non-hydrogen) atoms. The quantitative estimate of drug-likeness (QED) is 0.804. The Kier molecular flexibility index (Phi) is 3.40. The molecule has 1 aliphatic rings. The van der Waals surface area contributed by atoms with Gasteiger partial charge in [-0.05, 0) is 39.5 Å². The number of carbonyl (C=O) groups is 1. The first kappa shape index (κ1) is 14.0. The van der Waals surface area contributed by atoms with Crippen molar-refractivity contribution in [1.82, 2.24) is 10.2 Å². The highest BCUT2D eigenvalue weighted by atomic mass is 32.2. The summed E-state index contributed by atoms with van der Waals surface area (Å²) in [7, 11) is -4.14. The van der Waals surface area contributed by atoms with Crippen LogP contribution in [0.5, 0.6) is 0 Å². The number of aryl methyl sites for hydroxylation is 2. The van der Waals surface area contributed by atoms with Gasteiger partial charge in [-0.1, -0.05) is 0 Å². The number of hydrogen-bond acceptors (Lipinski definition) is 5. The monoisotopic (exact) mass is 288 g/mol. The predicted octanol–water partition coefficient (Wildman–Crippen LogP) is 1.13. The van der Waals surface area contributed by atoms with Crippen molar-refractivity contribution in [3.63, 3.8) is 0 Å². The largest absolute Gasteiger partial charge is 0.479 e. The Labute approximate surface area is 111 Å². The first-order valence-corrected chi connectivity index (χ1v) is 7.40. The lowest BCUT2D eigenvalue weighted by molar-refractivity contribution is -0.154. The third-order valence-electron chi connectivity index (χ3n) is 3.38. The molecule has 1 aliphatic carbocycles. The number of carboxylic acids is 1. The van der Waals surface area contributed by atoms with Gasteiger partial charge in [-0.2, -0.15) is 13.5 Å². The van der Waals surface area contributed by atoms with Gasteiger partial charge in [0.1, 0.15) is 4.90 Å². The van der Waals surface area contributed by atoms with Crippen LogP contribution in [0.3, 0.4) is 0 Å². The molecule has 1 saturated carbocycles. The summed E-state index contributed by atoms with van der Waals surface area (Å²) in [5.74, 6) is -1.23. The van der Waals surface area contributed by atoms with Crippen LogP contribution < -0.4 is 0 Å². The molecular formula is C11H16N2O5S. The van der Waals surface area contributed by atoms with E-state index in [2.05, 4.69) is 10.2 Å². The molecule has 1 aromatic heterocycles. The van der Waals surface area contributed by atoms with Crippen LogP contribution in [0.2, 0.25) is 0 Å². The van der Waals surface area contributed by atoms with Crippen molar-refractivity contribution in [1.29, 1.82) is 0 Å². The third-order valence-corrected chi connectivity index (χ3v) is 5.02. The molecule has 0 amide bonds. The van der Waals surface area contributed by atoms with Gasteiger partial charge >= 0.3 is 16.1 Å².